The van der Waals surface area contributed by atoms with Crippen molar-refractivity contribution in [3.05, 3.63) is 29.8 Å². The average molecular weight is 309 g/mol. The van der Waals surface area contributed by atoms with Crippen molar-refractivity contribution in [2.75, 3.05) is 11.2 Å². The van der Waals surface area contributed by atoms with Crippen molar-refractivity contribution in [2.24, 2.45) is 11.3 Å². The van der Waals surface area contributed by atoms with Gasteiger partial charge in [-0.05, 0) is 44.4 Å². The molecule has 0 atom stereocenters. The van der Waals surface area contributed by atoms with Crippen molar-refractivity contribution >= 4 is 29.1 Å². The Morgan fingerprint density at radius 2 is 1.86 bits per heavy atom. The Hall–Kier alpha value is -1.55. The van der Waals surface area contributed by atoms with Crippen LogP contribution in [0.15, 0.2) is 24.3 Å². The van der Waals surface area contributed by atoms with Gasteiger partial charge in [-0.15, -0.1) is 11.6 Å². The topological polar surface area (TPSA) is 58.2 Å². The molecule has 2 amide bonds. The smallest absolute Gasteiger partial charge is 0.227 e. The van der Waals surface area contributed by atoms with Crippen molar-refractivity contribution in [1.82, 2.24) is 5.32 Å². The molecule has 0 unspecified atom stereocenters. The number of anilines is 1. The van der Waals surface area contributed by atoms with Gasteiger partial charge in [-0.1, -0.05) is 12.1 Å². The summed E-state index contributed by atoms with van der Waals surface area (Å²) < 4.78 is 0. The van der Waals surface area contributed by atoms with E-state index in [0.29, 0.717) is 6.54 Å². The Morgan fingerprint density at radius 3 is 2.38 bits per heavy atom. The van der Waals surface area contributed by atoms with Gasteiger partial charge in [0.25, 0.3) is 0 Å². The highest BCUT2D eigenvalue weighted by atomic mass is 35.5. The van der Waals surface area contributed by atoms with Gasteiger partial charge >= 0.3 is 0 Å². The van der Waals surface area contributed by atoms with Gasteiger partial charge in [-0.25, -0.2) is 0 Å². The fourth-order valence-corrected chi connectivity index (χ4v) is 1.90. The molecule has 1 aromatic carbocycles. The van der Waals surface area contributed by atoms with Gasteiger partial charge in [0.15, 0.2) is 0 Å². The molecule has 1 aromatic rings. The van der Waals surface area contributed by atoms with Crippen LogP contribution in [0, 0.1) is 11.3 Å². The van der Waals surface area contributed by atoms with Gasteiger partial charge in [-0.3, -0.25) is 9.59 Å². The maximum atomic E-state index is 11.9. The first-order valence-corrected chi connectivity index (χ1v) is 7.70. The molecule has 5 heteroatoms. The summed E-state index contributed by atoms with van der Waals surface area (Å²) in [5, 5.41) is 5.75. The van der Waals surface area contributed by atoms with Gasteiger partial charge in [0.2, 0.25) is 11.8 Å². The zero-order valence-corrected chi connectivity index (χ0v) is 13.2. The quantitative estimate of drug-likeness (QED) is 0.794. The molecule has 4 nitrogen and oxygen atoms in total. The zero-order chi connectivity index (χ0) is 15.5. The largest absolute Gasteiger partial charge is 0.352 e. The third-order valence-corrected chi connectivity index (χ3v) is 4.24. The predicted octanol–water partition coefficient (Wildman–Crippen LogP) is 2.92. The minimum absolute atomic E-state index is 0.0661. The molecule has 0 spiro atoms. The summed E-state index contributed by atoms with van der Waals surface area (Å²) >= 11 is 5.77. The van der Waals surface area contributed by atoms with Crippen molar-refractivity contribution in [2.45, 2.75) is 33.2 Å². The summed E-state index contributed by atoms with van der Waals surface area (Å²) in [4.78, 5) is 23.5. The molecular formula is C16H21ClN2O2. The van der Waals surface area contributed by atoms with Crippen LogP contribution in [-0.2, 0) is 16.1 Å². The second-order valence-corrected chi connectivity index (χ2v) is 6.43. The van der Waals surface area contributed by atoms with Crippen LogP contribution in [0.1, 0.15) is 32.3 Å². The molecule has 21 heavy (non-hydrogen) atoms. The van der Waals surface area contributed by atoms with Gasteiger partial charge in [0, 0.05) is 24.0 Å². The van der Waals surface area contributed by atoms with Crippen LogP contribution in [-0.4, -0.2) is 17.7 Å². The second-order valence-electron chi connectivity index (χ2n) is 6.16. The van der Waals surface area contributed by atoms with Crippen LogP contribution < -0.4 is 10.6 Å². The molecule has 2 N–H and O–H groups in total. The highest BCUT2D eigenvalue weighted by Gasteiger charge is 2.29. The first-order valence-electron chi connectivity index (χ1n) is 7.16. The van der Waals surface area contributed by atoms with E-state index in [4.69, 9.17) is 11.6 Å². The number of benzene rings is 1. The lowest BCUT2D eigenvalue weighted by Crippen LogP contribution is -2.37. The molecule has 1 aliphatic rings. The fraction of sp³-hybridized carbons (Fsp3) is 0.500. The van der Waals surface area contributed by atoms with Crippen LogP contribution in [0.25, 0.3) is 0 Å². The normalized spacial score (nSPS) is 14.6. The molecule has 0 radical (unpaired) electrons. The molecule has 1 fully saturated rings. The molecule has 0 aromatic heterocycles. The molecule has 0 bridgehead atoms. The number of nitrogens with one attached hydrogen (secondary N) is 2. The molecule has 0 heterocycles. The third kappa shape index (κ3) is 4.46. The Bertz CT molecular complexity index is 522. The average Bonchev–Trinajstić information content (AvgIpc) is 3.30. The summed E-state index contributed by atoms with van der Waals surface area (Å²) in [5.74, 6) is 0.510. The van der Waals surface area contributed by atoms with Crippen molar-refractivity contribution in [3.8, 4) is 0 Å². The monoisotopic (exact) mass is 308 g/mol. The lowest BCUT2D eigenvalue weighted by atomic mass is 9.95. The van der Waals surface area contributed by atoms with E-state index in [-0.39, 0.29) is 23.6 Å². The number of hydrogen-bond donors (Lipinski definition) is 2. The molecule has 1 aliphatic carbocycles. The summed E-state index contributed by atoms with van der Waals surface area (Å²) in [6, 6.07) is 7.51. The molecule has 0 aliphatic heterocycles. The van der Waals surface area contributed by atoms with Gasteiger partial charge in [0.05, 0.1) is 5.41 Å². The number of hydrogen-bond acceptors (Lipinski definition) is 2. The Balaban J connectivity index is 1.84. The first-order chi connectivity index (χ1) is 9.92. The number of carbonyl (C=O) groups excluding carboxylic acids is 2. The van der Waals surface area contributed by atoms with Gasteiger partial charge < -0.3 is 10.6 Å². The molecule has 0 saturated heterocycles. The van der Waals surface area contributed by atoms with Crippen LogP contribution in [0.3, 0.4) is 0 Å². The summed E-state index contributed by atoms with van der Waals surface area (Å²) in [6.07, 6.45) is 1.98. The van der Waals surface area contributed by atoms with E-state index in [1.54, 1.807) is 0 Å². The maximum absolute atomic E-state index is 11.9. The number of halogens is 1. The SMILES string of the molecule is CC(C)(CCl)C(=O)NCc1ccc(NC(=O)C2CC2)cc1. The zero-order valence-electron chi connectivity index (χ0n) is 12.4. The predicted molar refractivity (Wildman–Crippen MR) is 84.1 cm³/mol. The van der Waals surface area contributed by atoms with Gasteiger partial charge in [-0.2, -0.15) is 0 Å². The minimum atomic E-state index is -0.570. The van der Waals surface area contributed by atoms with Crippen LogP contribution in [0.5, 0.6) is 0 Å². The third-order valence-electron chi connectivity index (χ3n) is 3.57. The van der Waals surface area contributed by atoms with Crippen LogP contribution in [0.2, 0.25) is 0 Å². The summed E-state index contributed by atoms with van der Waals surface area (Å²) in [5.41, 5.74) is 1.21. The van der Waals surface area contributed by atoms with E-state index in [2.05, 4.69) is 10.6 Å². The lowest BCUT2D eigenvalue weighted by Gasteiger charge is -2.20. The molecule has 2 rings (SSSR count). The minimum Gasteiger partial charge on any atom is -0.352 e. The van der Waals surface area contributed by atoms with E-state index >= 15 is 0 Å². The van der Waals surface area contributed by atoms with E-state index in [1.165, 1.54) is 0 Å². The standard InChI is InChI=1S/C16H21ClN2O2/c1-16(2,10-17)15(21)18-9-11-3-7-13(8-4-11)19-14(20)12-5-6-12/h3-4,7-8,12H,5-6,9-10H2,1-2H3,(H,18,21)(H,19,20). The Morgan fingerprint density at radius 1 is 1.24 bits per heavy atom. The number of carbonyl (C=O) groups is 2. The lowest BCUT2D eigenvalue weighted by molar-refractivity contribution is -0.128. The van der Waals surface area contributed by atoms with Crippen molar-refractivity contribution in [1.29, 1.82) is 0 Å². The van der Waals surface area contributed by atoms with Crippen molar-refractivity contribution < 1.29 is 9.59 Å². The molecular weight excluding hydrogens is 288 g/mol. The molecule has 114 valence electrons. The Labute approximate surface area is 130 Å². The maximum Gasteiger partial charge on any atom is 0.227 e. The van der Waals surface area contributed by atoms with Crippen molar-refractivity contribution in [3.63, 3.8) is 0 Å². The summed E-state index contributed by atoms with van der Waals surface area (Å²) in [6.45, 7) is 4.08. The number of alkyl halides is 1. The summed E-state index contributed by atoms with van der Waals surface area (Å²) in [7, 11) is 0. The first kappa shape index (κ1) is 15.8. The highest BCUT2D eigenvalue weighted by Crippen LogP contribution is 2.30. The number of rotatable bonds is 6. The molecule has 1 saturated carbocycles. The van der Waals surface area contributed by atoms with E-state index in [1.807, 2.05) is 38.1 Å². The van der Waals surface area contributed by atoms with E-state index in [9.17, 15) is 9.59 Å². The van der Waals surface area contributed by atoms with Gasteiger partial charge in [0.1, 0.15) is 0 Å². The highest BCUT2D eigenvalue weighted by molar-refractivity contribution is 6.19. The Kier molecular flexibility index (Phi) is 4.88. The second kappa shape index (κ2) is 6.48. The van der Waals surface area contributed by atoms with E-state index < -0.39 is 5.41 Å². The fourth-order valence-electron chi connectivity index (χ4n) is 1.78. The van der Waals surface area contributed by atoms with Crippen LogP contribution in [0.4, 0.5) is 5.69 Å². The number of amides is 2. The van der Waals surface area contributed by atoms with Crippen LogP contribution >= 0.6 is 11.6 Å². The van der Waals surface area contributed by atoms with E-state index in [0.717, 1.165) is 24.1 Å².